The van der Waals surface area contributed by atoms with Crippen molar-refractivity contribution in [2.24, 2.45) is 0 Å². The number of aliphatic hydroxyl groups is 2. The van der Waals surface area contributed by atoms with Crippen LogP contribution < -0.4 is 5.32 Å². The van der Waals surface area contributed by atoms with E-state index in [4.69, 9.17) is 16.3 Å². The lowest BCUT2D eigenvalue weighted by atomic mass is 9.92. The number of benzene rings is 2. The minimum atomic E-state index is -4.42. The predicted octanol–water partition coefficient (Wildman–Crippen LogP) is 6.25. The quantitative estimate of drug-likeness (QED) is 0.384. The zero-order valence-electron chi connectivity index (χ0n) is 19.3. The molecule has 3 atom stereocenters. The monoisotopic (exact) mass is 519 g/mol. The first-order chi connectivity index (χ1) is 15.7. The van der Waals surface area contributed by atoms with Gasteiger partial charge < -0.3 is 20.3 Å². The average Bonchev–Trinajstić information content (AvgIpc) is 2.70. The van der Waals surface area contributed by atoms with Crippen molar-refractivity contribution < 1.29 is 32.9 Å². The normalized spacial score (nSPS) is 14.9. The number of carbonyl (C=O) groups is 1. The summed E-state index contributed by atoms with van der Waals surface area (Å²) in [6.07, 6.45) is -6.03. The van der Waals surface area contributed by atoms with Gasteiger partial charge in [-0.3, -0.25) is 0 Å². The van der Waals surface area contributed by atoms with Crippen molar-refractivity contribution in [2.75, 3.05) is 6.61 Å². The first-order valence-electron chi connectivity index (χ1n) is 10.6. The van der Waals surface area contributed by atoms with Crippen LogP contribution in [0.5, 0.6) is 0 Å². The molecule has 1 amide bonds. The second-order valence-corrected chi connectivity index (χ2v) is 10.5. The standard InChI is InChI=1S/C24H29ClF3NO4S/c1-14(10-21(31)20(13-30)29-22(32)33-23(2,3)4)18-9-8-17(12-19(18)25)34-16-7-5-6-15(11-16)24(26,27)28/h5-9,11-12,14,20-21,30-31H,10,13H2,1-4H3,(H,29,32). The van der Waals surface area contributed by atoms with E-state index in [9.17, 15) is 28.2 Å². The second kappa shape index (κ2) is 11.7. The maximum Gasteiger partial charge on any atom is 0.416 e. The summed E-state index contributed by atoms with van der Waals surface area (Å²) in [6.45, 7) is 6.47. The average molecular weight is 520 g/mol. The molecule has 0 aliphatic heterocycles. The predicted molar refractivity (Wildman–Crippen MR) is 126 cm³/mol. The number of rotatable bonds is 8. The van der Waals surface area contributed by atoms with Gasteiger partial charge in [0.2, 0.25) is 0 Å². The third kappa shape index (κ3) is 8.69. The van der Waals surface area contributed by atoms with E-state index in [1.165, 1.54) is 6.07 Å². The van der Waals surface area contributed by atoms with Gasteiger partial charge in [-0.05, 0) is 69.0 Å². The zero-order valence-corrected chi connectivity index (χ0v) is 20.9. The molecule has 10 heteroatoms. The zero-order chi connectivity index (χ0) is 25.7. The van der Waals surface area contributed by atoms with Crippen molar-refractivity contribution in [3.8, 4) is 0 Å². The topological polar surface area (TPSA) is 78.8 Å². The summed E-state index contributed by atoms with van der Waals surface area (Å²) in [7, 11) is 0. The van der Waals surface area contributed by atoms with Crippen LogP contribution >= 0.6 is 23.4 Å². The maximum absolute atomic E-state index is 12.9. The van der Waals surface area contributed by atoms with Crippen LogP contribution in [0.25, 0.3) is 0 Å². The third-order valence-corrected chi connectivity index (χ3v) is 6.16. The van der Waals surface area contributed by atoms with Gasteiger partial charge in [-0.1, -0.05) is 42.4 Å². The van der Waals surface area contributed by atoms with E-state index in [-0.39, 0.29) is 12.3 Å². The van der Waals surface area contributed by atoms with Gasteiger partial charge in [-0.15, -0.1) is 0 Å². The molecule has 0 saturated heterocycles. The lowest BCUT2D eigenvalue weighted by Crippen LogP contribution is -2.47. The van der Waals surface area contributed by atoms with Crippen LogP contribution in [0.15, 0.2) is 52.3 Å². The Labute approximate surface area is 206 Å². The summed E-state index contributed by atoms with van der Waals surface area (Å²) in [5, 5.41) is 23.0. The molecule has 0 aliphatic carbocycles. The molecule has 2 aromatic rings. The largest absolute Gasteiger partial charge is 0.444 e. The molecular weight excluding hydrogens is 491 g/mol. The van der Waals surface area contributed by atoms with E-state index < -0.39 is 42.2 Å². The van der Waals surface area contributed by atoms with E-state index in [1.54, 1.807) is 45.0 Å². The minimum absolute atomic E-state index is 0.195. The summed E-state index contributed by atoms with van der Waals surface area (Å²) < 4.78 is 44.0. The summed E-state index contributed by atoms with van der Waals surface area (Å²) in [5.74, 6) is -0.232. The van der Waals surface area contributed by atoms with Crippen molar-refractivity contribution in [1.29, 1.82) is 0 Å². The third-order valence-electron chi connectivity index (χ3n) is 4.86. The highest BCUT2D eigenvalue weighted by Gasteiger charge is 2.30. The molecule has 0 radical (unpaired) electrons. The fourth-order valence-electron chi connectivity index (χ4n) is 3.22. The second-order valence-electron chi connectivity index (χ2n) is 8.95. The molecule has 3 N–H and O–H groups in total. The summed E-state index contributed by atoms with van der Waals surface area (Å²) in [4.78, 5) is 13.1. The summed E-state index contributed by atoms with van der Waals surface area (Å²) >= 11 is 7.59. The van der Waals surface area contributed by atoms with Gasteiger partial charge in [0.1, 0.15) is 5.60 Å². The fraction of sp³-hybridized carbons (Fsp3) is 0.458. The van der Waals surface area contributed by atoms with Crippen LogP contribution in [0.1, 0.15) is 51.2 Å². The first kappa shape index (κ1) is 28.3. The Kier molecular flexibility index (Phi) is 9.71. The highest BCUT2D eigenvalue weighted by atomic mass is 35.5. The van der Waals surface area contributed by atoms with E-state index in [2.05, 4.69) is 5.32 Å². The van der Waals surface area contributed by atoms with Crippen molar-refractivity contribution in [1.82, 2.24) is 5.32 Å². The molecule has 2 aromatic carbocycles. The van der Waals surface area contributed by atoms with Crippen molar-refractivity contribution in [2.45, 2.75) is 73.7 Å². The number of alkyl carbamates (subject to hydrolysis) is 1. The molecule has 2 rings (SSSR count). The summed E-state index contributed by atoms with van der Waals surface area (Å²) in [6, 6.07) is 9.28. The van der Waals surface area contributed by atoms with Crippen LogP contribution in [0.3, 0.4) is 0 Å². The van der Waals surface area contributed by atoms with Crippen molar-refractivity contribution in [3.05, 3.63) is 58.6 Å². The highest BCUT2D eigenvalue weighted by molar-refractivity contribution is 7.99. The van der Waals surface area contributed by atoms with Crippen LogP contribution in [0, 0.1) is 0 Å². The van der Waals surface area contributed by atoms with E-state index >= 15 is 0 Å². The van der Waals surface area contributed by atoms with Crippen molar-refractivity contribution >= 4 is 29.5 Å². The fourth-order valence-corrected chi connectivity index (χ4v) is 4.57. The number of ether oxygens (including phenoxy) is 1. The van der Waals surface area contributed by atoms with Gasteiger partial charge in [0.25, 0.3) is 0 Å². The van der Waals surface area contributed by atoms with Crippen LogP contribution in [0.2, 0.25) is 5.02 Å². The smallest absolute Gasteiger partial charge is 0.416 e. The number of carbonyl (C=O) groups excluding carboxylic acids is 1. The molecular formula is C24H29ClF3NO4S. The Morgan fingerprint density at radius 2 is 1.79 bits per heavy atom. The number of alkyl halides is 3. The van der Waals surface area contributed by atoms with Crippen molar-refractivity contribution in [3.63, 3.8) is 0 Å². The van der Waals surface area contributed by atoms with Gasteiger partial charge in [-0.25, -0.2) is 4.79 Å². The Hall–Kier alpha value is -1.94. The number of hydrogen-bond acceptors (Lipinski definition) is 5. The molecule has 3 unspecified atom stereocenters. The molecule has 5 nitrogen and oxygen atoms in total. The molecule has 0 aromatic heterocycles. The number of aliphatic hydroxyl groups excluding tert-OH is 2. The van der Waals surface area contributed by atoms with E-state index in [0.29, 0.717) is 14.8 Å². The number of nitrogens with one attached hydrogen (secondary N) is 1. The minimum Gasteiger partial charge on any atom is -0.444 e. The highest BCUT2D eigenvalue weighted by Crippen LogP contribution is 2.37. The Morgan fingerprint density at radius 3 is 2.35 bits per heavy atom. The molecule has 0 aliphatic rings. The Balaban J connectivity index is 2.05. The van der Waals surface area contributed by atoms with Gasteiger partial charge in [0.15, 0.2) is 0 Å². The number of amides is 1. The van der Waals surface area contributed by atoms with Gasteiger partial charge in [0, 0.05) is 14.8 Å². The number of halogens is 4. The Bertz CT molecular complexity index is 981. The molecule has 0 fully saturated rings. The van der Waals surface area contributed by atoms with Crippen LogP contribution in [-0.2, 0) is 10.9 Å². The molecule has 0 saturated carbocycles. The lowest BCUT2D eigenvalue weighted by Gasteiger charge is -2.27. The molecule has 0 spiro atoms. The maximum atomic E-state index is 12.9. The Morgan fingerprint density at radius 1 is 1.15 bits per heavy atom. The van der Waals surface area contributed by atoms with Gasteiger partial charge in [-0.2, -0.15) is 13.2 Å². The number of hydrogen-bond donors (Lipinski definition) is 3. The molecule has 0 bridgehead atoms. The lowest BCUT2D eigenvalue weighted by molar-refractivity contribution is -0.137. The van der Waals surface area contributed by atoms with Gasteiger partial charge in [0.05, 0.1) is 24.3 Å². The molecule has 34 heavy (non-hydrogen) atoms. The van der Waals surface area contributed by atoms with Crippen LogP contribution in [-0.4, -0.2) is 40.7 Å². The van der Waals surface area contributed by atoms with E-state index in [1.807, 2.05) is 6.92 Å². The SMILES string of the molecule is CC(CC(O)C(CO)NC(=O)OC(C)(C)C)c1ccc(Sc2cccc(C(F)(F)F)c2)cc1Cl. The van der Waals surface area contributed by atoms with Gasteiger partial charge >= 0.3 is 12.3 Å². The molecule has 188 valence electrons. The first-order valence-corrected chi connectivity index (χ1v) is 11.8. The summed E-state index contributed by atoms with van der Waals surface area (Å²) in [5.41, 5.74) is -0.715. The van der Waals surface area contributed by atoms with Crippen LogP contribution in [0.4, 0.5) is 18.0 Å². The molecule has 0 heterocycles. The van der Waals surface area contributed by atoms with E-state index in [0.717, 1.165) is 29.5 Å².